The van der Waals surface area contributed by atoms with Gasteiger partial charge in [-0.05, 0) is 49.8 Å². The van der Waals surface area contributed by atoms with Crippen LogP contribution in [0.2, 0.25) is 0 Å². The fourth-order valence-corrected chi connectivity index (χ4v) is 3.95. The van der Waals surface area contributed by atoms with Gasteiger partial charge in [0.25, 0.3) is 0 Å². The van der Waals surface area contributed by atoms with Crippen LogP contribution in [0, 0.1) is 13.8 Å². The molecule has 0 atom stereocenters. The number of carbonyl (C=O) groups is 1. The summed E-state index contributed by atoms with van der Waals surface area (Å²) < 4.78 is 7.09. The smallest absolute Gasteiger partial charge is 0.230 e. The van der Waals surface area contributed by atoms with Crippen LogP contribution in [-0.2, 0) is 9.53 Å². The Morgan fingerprint density at radius 2 is 2.04 bits per heavy atom. The van der Waals surface area contributed by atoms with E-state index in [1.54, 1.807) is 4.68 Å². The number of morpholine rings is 1. The number of amides is 1. The highest BCUT2D eigenvalue weighted by atomic mass is 32.2. The second-order valence-corrected chi connectivity index (χ2v) is 8.58. The van der Waals surface area contributed by atoms with Gasteiger partial charge in [0.15, 0.2) is 0 Å². The average molecular weight is 405 g/mol. The number of carbonyl (C=O) groups excluding carboxylic acids is 1. The Bertz CT molecular complexity index is 817. The minimum absolute atomic E-state index is 0.0264. The van der Waals surface area contributed by atoms with E-state index in [0.717, 1.165) is 37.6 Å². The molecule has 0 saturated carbocycles. The van der Waals surface area contributed by atoms with Gasteiger partial charge in [-0.1, -0.05) is 29.5 Å². The molecule has 152 valence electrons. The highest BCUT2D eigenvalue weighted by Crippen LogP contribution is 2.21. The van der Waals surface area contributed by atoms with E-state index in [1.807, 2.05) is 19.1 Å². The first-order valence-corrected chi connectivity index (χ1v) is 10.4. The Morgan fingerprint density at radius 1 is 1.29 bits per heavy atom. The second kappa shape index (κ2) is 9.02. The maximum atomic E-state index is 12.4. The predicted molar refractivity (Wildman–Crippen MR) is 109 cm³/mol. The van der Waals surface area contributed by atoms with E-state index in [2.05, 4.69) is 52.6 Å². The number of nitrogens with zero attached hydrogens (tertiary/aromatic N) is 5. The quantitative estimate of drug-likeness (QED) is 0.702. The Labute approximate surface area is 170 Å². The van der Waals surface area contributed by atoms with Crippen molar-refractivity contribution < 1.29 is 9.53 Å². The minimum atomic E-state index is -0.106. The summed E-state index contributed by atoms with van der Waals surface area (Å²) in [6.45, 7) is 12.2. The second-order valence-electron chi connectivity index (χ2n) is 7.64. The van der Waals surface area contributed by atoms with Crippen LogP contribution in [0.25, 0.3) is 5.69 Å². The molecular weight excluding hydrogens is 376 g/mol. The third-order valence-corrected chi connectivity index (χ3v) is 5.86. The zero-order valence-electron chi connectivity index (χ0n) is 16.9. The summed E-state index contributed by atoms with van der Waals surface area (Å²) in [7, 11) is 0. The molecule has 2 aromatic rings. The molecule has 0 spiro atoms. The number of hydrogen-bond acceptors (Lipinski definition) is 7. The van der Waals surface area contributed by atoms with Crippen LogP contribution in [0.4, 0.5) is 0 Å². The molecule has 1 saturated heterocycles. The lowest BCUT2D eigenvalue weighted by Gasteiger charge is -2.40. The topological polar surface area (TPSA) is 85.2 Å². The molecule has 0 unspecified atom stereocenters. The van der Waals surface area contributed by atoms with Gasteiger partial charge in [-0.15, -0.1) is 5.10 Å². The molecular formula is C19H28N6O2S. The molecule has 3 rings (SSSR count). The summed E-state index contributed by atoms with van der Waals surface area (Å²) in [5.74, 6) is 0.242. The predicted octanol–water partition coefficient (Wildman–Crippen LogP) is 1.60. The first kappa shape index (κ1) is 20.8. The van der Waals surface area contributed by atoms with Crippen molar-refractivity contribution in [2.75, 3.05) is 38.6 Å². The summed E-state index contributed by atoms with van der Waals surface area (Å²) in [6.07, 6.45) is 0. The largest absolute Gasteiger partial charge is 0.379 e. The summed E-state index contributed by atoms with van der Waals surface area (Å²) >= 11 is 1.34. The van der Waals surface area contributed by atoms with E-state index in [1.165, 1.54) is 17.3 Å². The maximum Gasteiger partial charge on any atom is 0.230 e. The van der Waals surface area contributed by atoms with Crippen molar-refractivity contribution in [2.24, 2.45) is 0 Å². The SMILES string of the molecule is Cc1ccc(-n2nnnc2SCC(=O)NCC(C)(C)N2CCOCC2)c(C)c1. The Morgan fingerprint density at radius 3 is 2.75 bits per heavy atom. The van der Waals surface area contributed by atoms with Crippen LogP contribution in [0.5, 0.6) is 0 Å². The lowest BCUT2D eigenvalue weighted by atomic mass is 10.0. The number of aryl methyl sites for hydroxylation is 2. The van der Waals surface area contributed by atoms with Crippen LogP contribution in [-0.4, -0.2) is 75.2 Å². The highest BCUT2D eigenvalue weighted by molar-refractivity contribution is 7.99. The van der Waals surface area contributed by atoms with E-state index in [0.29, 0.717) is 11.7 Å². The monoisotopic (exact) mass is 404 g/mol. The number of thioether (sulfide) groups is 1. The van der Waals surface area contributed by atoms with Crippen LogP contribution in [0.1, 0.15) is 25.0 Å². The number of tetrazole rings is 1. The molecule has 0 bridgehead atoms. The van der Waals surface area contributed by atoms with E-state index in [4.69, 9.17) is 4.74 Å². The third kappa shape index (κ3) is 5.09. The summed E-state index contributed by atoms with van der Waals surface area (Å²) in [4.78, 5) is 14.7. The molecule has 1 fully saturated rings. The van der Waals surface area contributed by atoms with E-state index < -0.39 is 0 Å². The van der Waals surface area contributed by atoms with Crippen molar-refractivity contribution in [3.8, 4) is 5.69 Å². The number of nitrogens with one attached hydrogen (secondary N) is 1. The van der Waals surface area contributed by atoms with Gasteiger partial charge in [-0.25, -0.2) is 0 Å². The molecule has 1 aliphatic heterocycles. The van der Waals surface area contributed by atoms with Crippen molar-refractivity contribution in [1.82, 2.24) is 30.4 Å². The third-order valence-electron chi connectivity index (χ3n) is 4.94. The molecule has 8 nitrogen and oxygen atoms in total. The fraction of sp³-hybridized carbons (Fsp3) is 0.579. The molecule has 1 aliphatic rings. The first-order chi connectivity index (χ1) is 13.4. The minimum Gasteiger partial charge on any atom is -0.379 e. The zero-order valence-corrected chi connectivity index (χ0v) is 17.8. The van der Waals surface area contributed by atoms with E-state index >= 15 is 0 Å². The molecule has 1 aromatic heterocycles. The van der Waals surface area contributed by atoms with Gasteiger partial charge in [0.1, 0.15) is 0 Å². The standard InChI is InChI=1S/C19H28N6O2S/c1-14-5-6-16(15(2)11-14)25-18(21-22-23-25)28-12-17(26)20-13-19(3,4)24-7-9-27-10-8-24/h5-6,11H,7-10,12-13H2,1-4H3,(H,20,26). The van der Waals surface area contributed by atoms with Gasteiger partial charge in [-0.2, -0.15) is 4.68 Å². The maximum absolute atomic E-state index is 12.4. The van der Waals surface area contributed by atoms with Crippen LogP contribution in [0.3, 0.4) is 0 Å². The molecule has 0 aliphatic carbocycles. The average Bonchev–Trinajstić information content (AvgIpc) is 3.14. The molecule has 9 heteroatoms. The number of ether oxygens (including phenoxy) is 1. The summed E-state index contributed by atoms with van der Waals surface area (Å²) in [5, 5.41) is 15.6. The van der Waals surface area contributed by atoms with Gasteiger partial charge in [0, 0.05) is 25.2 Å². The van der Waals surface area contributed by atoms with Gasteiger partial charge in [0.2, 0.25) is 11.1 Å². The molecule has 2 heterocycles. The lowest BCUT2D eigenvalue weighted by molar-refractivity contribution is -0.119. The number of rotatable bonds is 7. The van der Waals surface area contributed by atoms with E-state index in [-0.39, 0.29) is 17.2 Å². The number of aromatic nitrogens is 4. The molecule has 1 amide bonds. The molecule has 28 heavy (non-hydrogen) atoms. The van der Waals surface area contributed by atoms with Crippen molar-refractivity contribution >= 4 is 17.7 Å². The Hall–Kier alpha value is -1.97. The van der Waals surface area contributed by atoms with Gasteiger partial charge in [0.05, 0.1) is 24.7 Å². The Kier molecular flexibility index (Phi) is 6.69. The highest BCUT2D eigenvalue weighted by Gasteiger charge is 2.28. The van der Waals surface area contributed by atoms with Crippen molar-refractivity contribution in [2.45, 2.75) is 38.4 Å². The van der Waals surface area contributed by atoms with Gasteiger partial charge >= 0.3 is 0 Å². The number of hydrogen-bond donors (Lipinski definition) is 1. The van der Waals surface area contributed by atoms with Crippen LogP contribution >= 0.6 is 11.8 Å². The normalized spacial score (nSPS) is 15.6. The zero-order chi connectivity index (χ0) is 20.1. The Balaban J connectivity index is 1.55. The van der Waals surface area contributed by atoms with Crippen LogP contribution in [0.15, 0.2) is 23.4 Å². The molecule has 0 radical (unpaired) electrons. The summed E-state index contributed by atoms with van der Waals surface area (Å²) in [5.41, 5.74) is 3.09. The molecule has 1 N–H and O–H groups in total. The number of benzene rings is 1. The van der Waals surface area contributed by atoms with E-state index in [9.17, 15) is 4.79 Å². The van der Waals surface area contributed by atoms with Crippen molar-refractivity contribution in [3.05, 3.63) is 29.3 Å². The first-order valence-electron chi connectivity index (χ1n) is 9.45. The van der Waals surface area contributed by atoms with Gasteiger partial charge in [-0.3, -0.25) is 9.69 Å². The van der Waals surface area contributed by atoms with Crippen molar-refractivity contribution in [1.29, 1.82) is 0 Å². The van der Waals surface area contributed by atoms with Crippen molar-refractivity contribution in [3.63, 3.8) is 0 Å². The molecule has 1 aromatic carbocycles. The van der Waals surface area contributed by atoms with Gasteiger partial charge < -0.3 is 10.1 Å². The fourth-order valence-electron chi connectivity index (χ4n) is 3.24. The lowest BCUT2D eigenvalue weighted by Crippen LogP contribution is -2.55. The summed E-state index contributed by atoms with van der Waals surface area (Å²) in [6, 6.07) is 6.11. The van der Waals surface area contributed by atoms with Crippen LogP contribution < -0.4 is 5.32 Å².